The normalized spacial score (nSPS) is 10.5. The van der Waals surface area contributed by atoms with Crippen molar-refractivity contribution in [2.45, 2.75) is 6.42 Å². The lowest BCUT2D eigenvalue weighted by Crippen LogP contribution is -2.33. The van der Waals surface area contributed by atoms with E-state index in [0.29, 0.717) is 18.0 Å². The van der Waals surface area contributed by atoms with Crippen molar-refractivity contribution in [2.24, 2.45) is 0 Å². The third kappa shape index (κ3) is 5.94. The fourth-order valence-corrected chi connectivity index (χ4v) is 1.25. The van der Waals surface area contributed by atoms with Crippen LogP contribution in [0.15, 0.2) is 30.5 Å². The Morgan fingerprint density at radius 1 is 1.35 bits per heavy atom. The molecule has 92 valence electrons. The second-order valence-corrected chi connectivity index (χ2v) is 3.80. The van der Waals surface area contributed by atoms with Crippen LogP contribution >= 0.6 is 11.6 Å². The van der Waals surface area contributed by atoms with Gasteiger partial charge >= 0.3 is 6.03 Å². The number of carbonyl (C=O) groups excluding carboxylic acids is 1. The third-order valence-corrected chi connectivity index (χ3v) is 2.23. The number of hydrogen-bond acceptors (Lipinski definition) is 2. The first kappa shape index (κ1) is 13.5. The number of benzene rings is 1. The second-order valence-electron chi connectivity index (χ2n) is 3.36. The molecule has 0 aliphatic carbocycles. The molecule has 0 spiro atoms. The number of nitrogens with one attached hydrogen (secondary N) is 2. The van der Waals surface area contributed by atoms with Gasteiger partial charge in [-0.2, -0.15) is 0 Å². The largest absolute Gasteiger partial charge is 0.396 e. The molecular weight excluding hydrogens is 240 g/mol. The molecule has 0 saturated carbocycles. The first-order chi connectivity index (χ1) is 8.22. The van der Waals surface area contributed by atoms with Gasteiger partial charge in [-0.25, -0.2) is 4.79 Å². The molecule has 0 aliphatic heterocycles. The highest BCUT2D eigenvalue weighted by Gasteiger charge is 1.94. The van der Waals surface area contributed by atoms with Crippen molar-refractivity contribution < 1.29 is 9.90 Å². The summed E-state index contributed by atoms with van der Waals surface area (Å²) in [5.41, 5.74) is 0.949. The zero-order valence-corrected chi connectivity index (χ0v) is 10.1. The van der Waals surface area contributed by atoms with Crippen molar-refractivity contribution in [3.8, 4) is 0 Å². The summed E-state index contributed by atoms with van der Waals surface area (Å²) in [6.45, 7) is 0.526. The van der Waals surface area contributed by atoms with Crippen LogP contribution in [0.2, 0.25) is 5.02 Å². The van der Waals surface area contributed by atoms with E-state index in [4.69, 9.17) is 16.7 Å². The topological polar surface area (TPSA) is 61.4 Å². The number of urea groups is 1. The lowest BCUT2D eigenvalue weighted by Gasteiger charge is -2.02. The molecule has 0 unspecified atom stereocenters. The highest BCUT2D eigenvalue weighted by molar-refractivity contribution is 6.30. The molecule has 0 atom stereocenters. The maximum atomic E-state index is 11.2. The van der Waals surface area contributed by atoms with Crippen molar-refractivity contribution >= 4 is 23.7 Å². The smallest absolute Gasteiger partial charge is 0.318 e. The van der Waals surface area contributed by atoms with Crippen molar-refractivity contribution in [1.82, 2.24) is 10.6 Å². The van der Waals surface area contributed by atoms with Crippen LogP contribution in [0.1, 0.15) is 12.0 Å². The average Bonchev–Trinajstić information content (AvgIpc) is 2.32. The third-order valence-electron chi connectivity index (χ3n) is 1.98. The van der Waals surface area contributed by atoms with Gasteiger partial charge in [-0.05, 0) is 30.2 Å². The van der Waals surface area contributed by atoms with E-state index in [9.17, 15) is 4.79 Å². The van der Waals surface area contributed by atoms with E-state index in [0.717, 1.165) is 5.56 Å². The molecule has 0 aromatic heterocycles. The van der Waals surface area contributed by atoms with Crippen LogP contribution in [0.5, 0.6) is 0 Å². The molecule has 1 rings (SSSR count). The van der Waals surface area contributed by atoms with Crippen molar-refractivity contribution in [1.29, 1.82) is 0 Å². The Kier molecular flexibility index (Phi) is 6.14. The lowest BCUT2D eigenvalue weighted by atomic mass is 10.2. The van der Waals surface area contributed by atoms with Gasteiger partial charge in [-0.1, -0.05) is 23.7 Å². The number of rotatable bonds is 5. The van der Waals surface area contributed by atoms with Crippen molar-refractivity contribution in [3.63, 3.8) is 0 Å². The standard InChI is InChI=1S/C12H15ClN2O2/c13-11-4-2-10(3-5-11)6-8-15-12(17)14-7-1-9-16/h2-6,8,16H,1,7,9H2,(H2,14,15,17)/b8-6+. The summed E-state index contributed by atoms with van der Waals surface area (Å²) in [5.74, 6) is 0. The van der Waals surface area contributed by atoms with E-state index in [1.165, 1.54) is 0 Å². The zero-order valence-electron chi connectivity index (χ0n) is 9.32. The van der Waals surface area contributed by atoms with E-state index in [-0.39, 0.29) is 12.6 Å². The number of carbonyl (C=O) groups is 1. The van der Waals surface area contributed by atoms with Crippen LogP contribution in [0, 0.1) is 0 Å². The fourth-order valence-electron chi connectivity index (χ4n) is 1.12. The summed E-state index contributed by atoms with van der Waals surface area (Å²) in [4.78, 5) is 11.2. The van der Waals surface area contributed by atoms with Crippen LogP contribution in [-0.2, 0) is 0 Å². The Labute approximate surface area is 105 Å². The lowest BCUT2D eigenvalue weighted by molar-refractivity contribution is 0.241. The molecule has 0 fully saturated rings. The van der Waals surface area contributed by atoms with E-state index in [1.807, 2.05) is 12.1 Å². The molecular formula is C12H15ClN2O2. The van der Waals surface area contributed by atoms with Gasteiger partial charge in [0, 0.05) is 24.4 Å². The number of aliphatic hydroxyl groups excluding tert-OH is 1. The number of amides is 2. The molecule has 0 saturated heterocycles. The number of hydrogen-bond donors (Lipinski definition) is 3. The minimum Gasteiger partial charge on any atom is -0.396 e. The quantitative estimate of drug-likeness (QED) is 0.704. The molecule has 17 heavy (non-hydrogen) atoms. The first-order valence-electron chi connectivity index (χ1n) is 5.29. The van der Waals surface area contributed by atoms with Gasteiger partial charge in [-0.3, -0.25) is 0 Å². The molecule has 0 bridgehead atoms. The molecule has 3 N–H and O–H groups in total. The van der Waals surface area contributed by atoms with Crippen LogP contribution in [0.3, 0.4) is 0 Å². The average molecular weight is 255 g/mol. The summed E-state index contributed by atoms with van der Waals surface area (Å²) in [5, 5.41) is 14.4. The predicted octanol–water partition coefficient (Wildman–Crippen LogP) is 1.99. The Hall–Kier alpha value is -1.52. The molecule has 2 amide bonds. The summed E-state index contributed by atoms with van der Waals surface area (Å²) in [6, 6.07) is 6.98. The summed E-state index contributed by atoms with van der Waals surface area (Å²) < 4.78 is 0. The first-order valence-corrected chi connectivity index (χ1v) is 5.67. The Balaban J connectivity index is 2.29. The van der Waals surface area contributed by atoms with Crippen LogP contribution in [0.4, 0.5) is 4.79 Å². The highest BCUT2D eigenvalue weighted by atomic mass is 35.5. The Bertz CT molecular complexity index is 377. The molecule has 4 nitrogen and oxygen atoms in total. The maximum Gasteiger partial charge on any atom is 0.318 e. The monoisotopic (exact) mass is 254 g/mol. The predicted molar refractivity (Wildman–Crippen MR) is 68.7 cm³/mol. The minimum atomic E-state index is -0.288. The van der Waals surface area contributed by atoms with Gasteiger partial charge in [0.25, 0.3) is 0 Å². The molecule has 0 heterocycles. The van der Waals surface area contributed by atoms with E-state index in [2.05, 4.69) is 10.6 Å². The molecule has 0 aliphatic rings. The molecule has 5 heteroatoms. The molecule has 0 radical (unpaired) electrons. The highest BCUT2D eigenvalue weighted by Crippen LogP contribution is 2.10. The summed E-state index contributed by atoms with van der Waals surface area (Å²) >= 11 is 5.74. The van der Waals surface area contributed by atoms with Crippen molar-refractivity contribution in [3.05, 3.63) is 41.1 Å². The Morgan fingerprint density at radius 3 is 2.71 bits per heavy atom. The second kappa shape index (κ2) is 7.70. The van der Waals surface area contributed by atoms with Gasteiger partial charge in [-0.15, -0.1) is 0 Å². The van der Waals surface area contributed by atoms with E-state index < -0.39 is 0 Å². The van der Waals surface area contributed by atoms with Crippen LogP contribution in [0.25, 0.3) is 6.08 Å². The van der Waals surface area contributed by atoms with Gasteiger partial charge in [0.05, 0.1) is 0 Å². The van der Waals surface area contributed by atoms with Crippen LogP contribution in [-0.4, -0.2) is 24.3 Å². The molecule has 1 aromatic carbocycles. The van der Waals surface area contributed by atoms with Crippen LogP contribution < -0.4 is 10.6 Å². The number of aliphatic hydroxyl groups is 1. The summed E-state index contributed by atoms with van der Waals surface area (Å²) in [7, 11) is 0. The summed E-state index contributed by atoms with van der Waals surface area (Å²) in [6.07, 6.45) is 3.87. The van der Waals surface area contributed by atoms with E-state index >= 15 is 0 Å². The minimum absolute atomic E-state index is 0.0703. The number of halogens is 1. The van der Waals surface area contributed by atoms with Gasteiger partial charge in [0.2, 0.25) is 0 Å². The fraction of sp³-hybridized carbons (Fsp3) is 0.250. The maximum absolute atomic E-state index is 11.2. The van der Waals surface area contributed by atoms with Gasteiger partial charge in [0.1, 0.15) is 0 Å². The SMILES string of the molecule is O=C(N/C=C/c1ccc(Cl)cc1)NCCCO. The Morgan fingerprint density at radius 2 is 2.06 bits per heavy atom. The molecule has 1 aromatic rings. The van der Waals surface area contributed by atoms with Gasteiger partial charge < -0.3 is 15.7 Å². The van der Waals surface area contributed by atoms with E-state index in [1.54, 1.807) is 24.4 Å². The van der Waals surface area contributed by atoms with Gasteiger partial charge in [0.15, 0.2) is 0 Å². The zero-order chi connectivity index (χ0) is 12.5. The van der Waals surface area contributed by atoms with Crippen molar-refractivity contribution in [2.75, 3.05) is 13.2 Å².